The van der Waals surface area contributed by atoms with E-state index in [1.165, 1.54) is 19.3 Å². The summed E-state index contributed by atoms with van der Waals surface area (Å²) in [6, 6.07) is 10.2. The molecule has 0 saturated heterocycles. The number of nitrogens with two attached hydrogens (primary N) is 1. The molecule has 5 nitrogen and oxygen atoms in total. The summed E-state index contributed by atoms with van der Waals surface area (Å²) in [5, 5.41) is 6.02. The molecule has 0 heterocycles. The lowest BCUT2D eigenvalue weighted by Gasteiger charge is -2.23. The second-order valence-corrected chi connectivity index (χ2v) is 5.44. The predicted molar refractivity (Wildman–Crippen MR) is 84.8 cm³/mol. The maximum absolute atomic E-state index is 11.7. The van der Waals surface area contributed by atoms with Crippen molar-refractivity contribution in [3.05, 3.63) is 35.9 Å². The summed E-state index contributed by atoms with van der Waals surface area (Å²) in [4.78, 5) is 15.8. The van der Waals surface area contributed by atoms with E-state index < -0.39 is 0 Å². The number of rotatable bonds is 5. The Morgan fingerprint density at radius 3 is 2.62 bits per heavy atom. The number of benzene rings is 1. The summed E-state index contributed by atoms with van der Waals surface area (Å²) in [7, 11) is 0. The minimum absolute atomic E-state index is 0.0678. The quantitative estimate of drug-likeness (QED) is 0.568. The van der Waals surface area contributed by atoms with Gasteiger partial charge < -0.3 is 16.4 Å². The lowest BCUT2D eigenvalue weighted by atomic mass is 9.96. The molecule has 1 amide bonds. The van der Waals surface area contributed by atoms with Crippen LogP contribution in [0.5, 0.6) is 0 Å². The molecule has 1 aromatic rings. The highest BCUT2D eigenvalue weighted by Gasteiger charge is 2.13. The van der Waals surface area contributed by atoms with E-state index in [1.807, 2.05) is 30.3 Å². The van der Waals surface area contributed by atoms with Gasteiger partial charge in [-0.1, -0.05) is 49.6 Å². The van der Waals surface area contributed by atoms with Crippen molar-refractivity contribution in [1.29, 1.82) is 0 Å². The standard InChI is InChI=1S/C16H24N4O/c17-16(20-14-9-5-2-6-10-14)19-12-15(21)18-11-13-7-3-1-4-8-13/h1,3-4,7-8,14H,2,5-6,9-12H2,(H,18,21)(H3,17,19,20). The average Bonchev–Trinajstić information content (AvgIpc) is 2.53. The van der Waals surface area contributed by atoms with Crippen LogP contribution < -0.4 is 16.4 Å². The summed E-state index contributed by atoms with van der Waals surface area (Å²) in [6.07, 6.45) is 6.05. The summed E-state index contributed by atoms with van der Waals surface area (Å²) >= 11 is 0. The van der Waals surface area contributed by atoms with Gasteiger partial charge in [0.05, 0.1) is 0 Å². The molecular weight excluding hydrogens is 264 g/mol. The third-order valence-corrected chi connectivity index (χ3v) is 3.68. The zero-order chi connectivity index (χ0) is 14.9. The topological polar surface area (TPSA) is 79.5 Å². The number of amides is 1. The number of carbonyl (C=O) groups is 1. The minimum atomic E-state index is -0.118. The summed E-state index contributed by atoms with van der Waals surface area (Å²) < 4.78 is 0. The Morgan fingerprint density at radius 2 is 1.90 bits per heavy atom. The van der Waals surface area contributed by atoms with Gasteiger partial charge in [-0.25, -0.2) is 4.99 Å². The van der Waals surface area contributed by atoms with E-state index in [0.717, 1.165) is 18.4 Å². The molecule has 5 heteroatoms. The van der Waals surface area contributed by atoms with Crippen LogP contribution in [0.2, 0.25) is 0 Å². The number of guanidine groups is 1. The smallest absolute Gasteiger partial charge is 0.242 e. The van der Waals surface area contributed by atoms with Gasteiger partial charge in [0.25, 0.3) is 0 Å². The Morgan fingerprint density at radius 1 is 1.19 bits per heavy atom. The van der Waals surface area contributed by atoms with Gasteiger partial charge >= 0.3 is 0 Å². The zero-order valence-corrected chi connectivity index (χ0v) is 12.3. The fraction of sp³-hybridized carbons (Fsp3) is 0.500. The lowest BCUT2D eigenvalue weighted by molar-refractivity contribution is -0.119. The number of hydrogen-bond acceptors (Lipinski definition) is 2. The molecular formula is C16H24N4O. The maximum Gasteiger partial charge on any atom is 0.242 e. The molecule has 1 aliphatic rings. The molecule has 1 fully saturated rings. The molecule has 1 aliphatic carbocycles. The van der Waals surface area contributed by atoms with E-state index in [-0.39, 0.29) is 12.5 Å². The number of carbonyl (C=O) groups excluding carboxylic acids is 1. The highest BCUT2D eigenvalue weighted by Crippen LogP contribution is 2.16. The van der Waals surface area contributed by atoms with E-state index >= 15 is 0 Å². The van der Waals surface area contributed by atoms with Crippen molar-refractivity contribution in [3.8, 4) is 0 Å². The van der Waals surface area contributed by atoms with Crippen LogP contribution in [0.15, 0.2) is 35.3 Å². The molecule has 1 saturated carbocycles. The SMILES string of the molecule is NC(=NCC(=O)NCc1ccccc1)NC1CCCCC1. The van der Waals surface area contributed by atoms with Crippen molar-refractivity contribution in [2.45, 2.75) is 44.7 Å². The third-order valence-electron chi connectivity index (χ3n) is 3.68. The van der Waals surface area contributed by atoms with E-state index in [4.69, 9.17) is 5.73 Å². The molecule has 1 aromatic carbocycles. The Balaban J connectivity index is 1.68. The number of nitrogens with zero attached hydrogens (tertiary/aromatic N) is 1. The van der Waals surface area contributed by atoms with Gasteiger partial charge in [-0.2, -0.15) is 0 Å². The van der Waals surface area contributed by atoms with Gasteiger partial charge in [0.15, 0.2) is 5.96 Å². The summed E-state index contributed by atoms with van der Waals surface area (Å²) in [6.45, 7) is 0.587. The lowest BCUT2D eigenvalue weighted by Crippen LogP contribution is -2.41. The van der Waals surface area contributed by atoms with Crippen LogP contribution >= 0.6 is 0 Å². The van der Waals surface area contributed by atoms with E-state index in [0.29, 0.717) is 18.5 Å². The molecule has 0 bridgehead atoms. The normalized spacial score (nSPS) is 16.5. The molecule has 0 spiro atoms. The van der Waals surface area contributed by atoms with Crippen LogP contribution in [0.3, 0.4) is 0 Å². The van der Waals surface area contributed by atoms with Gasteiger partial charge in [-0.3, -0.25) is 4.79 Å². The fourth-order valence-electron chi connectivity index (χ4n) is 2.51. The number of nitrogens with one attached hydrogen (secondary N) is 2. The minimum Gasteiger partial charge on any atom is -0.370 e. The van der Waals surface area contributed by atoms with Gasteiger partial charge in [0, 0.05) is 12.6 Å². The van der Waals surface area contributed by atoms with Gasteiger partial charge in [-0.15, -0.1) is 0 Å². The average molecular weight is 288 g/mol. The third kappa shape index (κ3) is 5.85. The fourth-order valence-corrected chi connectivity index (χ4v) is 2.51. The van der Waals surface area contributed by atoms with Crippen LogP contribution in [0.4, 0.5) is 0 Å². The van der Waals surface area contributed by atoms with Crippen molar-refractivity contribution in [2.75, 3.05) is 6.54 Å². The van der Waals surface area contributed by atoms with E-state index in [2.05, 4.69) is 15.6 Å². The van der Waals surface area contributed by atoms with Crippen molar-refractivity contribution in [2.24, 2.45) is 10.7 Å². The molecule has 0 aromatic heterocycles. The second kappa shape index (κ2) is 8.29. The van der Waals surface area contributed by atoms with Crippen molar-refractivity contribution in [3.63, 3.8) is 0 Å². The van der Waals surface area contributed by atoms with Gasteiger partial charge in [-0.05, 0) is 18.4 Å². The predicted octanol–water partition coefficient (Wildman–Crippen LogP) is 1.54. The van der Waals surface area contributed by atoms with Crippen LogP contribution in [0, 0.1) is 0 Å². The molecule has 114 valence electrons. The van der Waals surface area contributed by atoms with Gasteiger partial charge in [0.1, 0.15) is 6.54 Å². The zero-order valence-electron chi connectivity index (χ0n) is 12.3. The highest BCUT2D eigenvalue weighted by atomic mass is 16.1. The molecule has 0 unspecified atom stereocenters. The largest absolute Gasteiger partial charge is 0.370 e. The first-order chi connectivity index (χ1) is 10.2. The summed E-state index contributed by atoms with van der Waals surface area (Å²) in [5.74, 6) is 0.254. The van der Waals surface area contributed by atoms with Crippen LogP contribution in [0.1, 0.15) is 37.7 Å². The van der Waals surface area contributed by atoms with Crippen LogP contribution in [0.25, 0.3) is 0 Å². The number of aliphatic imine (C=N–C) groups is 1. The van der Waals surface area contributed by atoms with Crippen LogP contribution in [-0.4, -0.2) is 24.5 Å². The molecule has 2 rings (SSSR count). The maximum atomic E-state index is 11.7. The van der Waals surface area contributed by atoms with Crippen molar-refractivity contribution >= 4 is 11.9 Å². The molecule has 0 radical (unpaired) electrons. The molecule has 0 atom stereocenters. The second-order valence-electron chi connectivity index (χ2n) is 5.44. The monoisotopic (exact) mass is 288 g/mol. The van der Waals surface area contributed by atoms with Gasteiger partial charge in [0.2, 0.25) is 5.91 Å². The molecule has 0 aliphatic heterocycles. The van der Waals surface area contributed by atoms with Crippen molar-refractivity contribution in [1.82, 2.24) is 10.6 Å². The Labute approximate surface area is 126 Å². The highest BCUT2D eigenvalue weighted by molar-refractivity contribution is 5.84. The first kappa shape index (κ1) is 15.4. The Kier molecular flexibility index (Phi) is 6.06. The molecule has 21 heavy (non-hydrogen) atoms. The molecule has 4 N–H and O–H groups in total. The van der Waals surface area contributed by atoms with Crippen LogP contribution in [-0.2, 0) is 11.3 Å². The Hall–Kier alpha value is -2.04. The van der Waals surface area contributed by atoms with E-state index in [1.54, 1.807) is 0 Å². The first-order valence-corrected chi connectivity index (χ1v) is 7.61. The Bertz CT molecular complexity index is 466. The first-order valence-electron chi connectivity index (χ1n) is 7.61. The summed E-state index contributed by atoms with van der Waals surface area (Å²) in [5.41, 5.74) is 6.89. The van der Waals surface area contributed by atoms with Crippen molar-refractivity contribution < 1.29 is 4.79 Å². The number of hydrogen-bond donors (Lipinski definition) is 3. The van der Waals surface area contributed by atoms with E-state index in [9.17, 15) is 4.79 Å².